The first-order valence-electron chi connectivity index (χ1n) is 15.6. The molecular weight excluding hydrogens is 540 g/mol. The lowest BCUT2D eigenvalue weighted by Gasteiger charge is -2.39. The van der Waals surface area contributed by atoms with Crippen molar-refractivity contribution in [2.75, 3.05) is 44.9 Å². The third-order valence-corrected chi connectivity index (χ3v) is 8.31. The summed E-state index contributed by atoms with van der Waals surface area (Å²) in [6.07, 6.45) is 2.49. The molecule has 2 aliphatic rings. The molecule has 0 N–H and O–H groups in total. The van der Waals surface area contributed by atoms with E-state index in [0.717, 1.165) is 60.8 Å². The Morgan fingerprint density at radius 3 is 2.00 bits per heavy atom. The van der Waals surface area contributed by atoms with Crippen molar-refractivity contribution in [1.29, 1.82) is 0 Å². The molecule has 0 unspecified atom stereocenters. The first kappa shape index (κ1) is 32.1. The summed E-state index contributed by atoms with van der Waals surface area (Å²) in [5.74, 6) is 1.47. The Labute approximate surface area is 256 Å². The number of hydrogen-bond acceptors (Lipinski definition) is 6. The van der Waals surface area contributed by atoms with Crippen LogP contribution in [0, 0.1) is 12.3 Å². The van der Waals surface area contributed by atoms with Gasteiger partial charge >= 0.3 is 5.97 Å². The second-order valence-corrected chi connectivity index (χ2v) is 11.2. The van der Waals surface area contributed by atoms with Crippen molar-refractivity contribution in [2.45, 2.75) is 60.4 Å². The van der Waals surface area contributed by atoms with Crippen LogP contribution in [-0.4, -0.2) is 56.7 Å². The number of rotatable bonds is 9. The third kappa shape index (κ3) is 7.39. The van der Waals surface area contributed by atoms with E-state index < -0.39 is 0 Å². The molecule has 2 fully saturated rings. The highest BCUT2D eigenvalue weighted by Gasteiger charge is 2.45. The molecule has 2 heterocycles. The summed E-state index contributed by atoms with van der Waals surface area (Å²) < 4.78 is 17.1. The topological polar surface area (TPSA) is 68.3 Å². The first-order chi connectivity index (χ1) is 20.8. The number of benzene rings is 3. The summed E-state index contributed by atoms with van der Waals surface area (Å²) in [6.45, 7) is 14.6. The molecule has 0 aromatic heterocycles. The predicted octanol–water partition coefficient (Wildman–Crippen LogP) is 7.29. The third-order valence-electron chi connectivity index (χ3n) is 8.31. The average molecular weight is 587 g/mol. The number of carbonyl (C=O) groups excluding carboxylic acids is 2. The lowest BCUT2D eigenvalue weighted by atomic mass is 9.77. The number of hydrogen-bond donors (Lipinski definition) is 0. The molecule has 230 valence electrons. The van der Waals surface area contributed by atoms with E-state index in [1.165, 1.54) is 18.2 Å². The minimum Gasteiger partial charge on any atom is -0.493 e. The van der Waals surface area contributed by atoms with Crippen LogP contribution in [0.4, 0.5) is 5.69 Å². The number of likely N-dealkylation sites (tertiary alicyclic amines) is 1. The van der Waals surface area contributed by atoms with E-state index in [4.69, 9.17) is 14.2 Å². The Bertz CT molecular complexity index is 1350. The second kappa shape index (κ2) is 14.6. The Morgan fingerprint density at radius 2 is 1.47 bits per heavy atom. The minimum atomic E-state index is -0.375. The van der Waals surface area contributed by atoms with Crippen LogP contribution in [-0.2, 0) is 16.1 Å². The van der Waals surface area contributed by atoms with Crippen LogP contribution in [0.1, 0.15) is 68.4 Å². The largest absolute Gasteiger partial charge is 0.493 e. The lowest BCUT2D eigenvalue weighted by Crippen LogP contribution is -2.41. The maximum absolute atomic E-state index is 13.1. The van der Waals surface area contributed by atoms with Crippen molar-refractivity contribution in [2.24, 2.45) is 5.41 Å². The molecule has 0 atom stereocenters. The molecule has 3 aromatic carbocycles. The van der Waals surface area contributed by atoms with Crippen LogP contribution in [0.25, 0.3) is 11.1 Å². The average Bonchev–Trinajstić information content (AvgIpc) is 3.35. The van der Waals surface area contributed by atoms with Crippen molar-refractivity contribution in [3.63, 3.8) is 0 Å². The number of carbonyl (C=O) groups is 2. The summed E-state index contributed by atoms with van der Waals surface area (Å²) in [7, 11) is 1.37. The molecule has 1 spiro atoms. The van der Waals surface area contributed by atoms with Crippen LogP contribution in [0.5, 0.6) is 11.5 Å². The van der Waals surface area contributed by atoms with Gasteiger partial charge in [-0.3, -0.25) is 9.69 Å². The summed E-state index contributed by atoms with van der Waals surface area (Å²) in [4.78, 5) is 29.2. The lowest BCUT2D eigenvalue weighted by molar-refractivity contribution is -0.118. The van der Waals surface area contributed by atoms with Gasteiger partial charge in [-0.05, 0) is 99.6 Å². The zero-order valence-electron chi connectivity index (χ0n) is 26.6. The number of aryl methyl sites for hydroxylation is 1. The smallest absolute Gasteiger partial charge is 0.337 e. The van der Waals surface area contributed by atoms with Gasteiger partial charge in [0.25, 0.3) is 0 Å². The second-order valence-electron chi connectivity index (χ2n) is 11.2. The number of esters is 1. The number of nitrogens with zero attached hydrogens (tertiary/aromatic N) is 2. The SMILES string of the molecule is CC.CCOc1cc(CN2CCC3(CC2)CC(=O)N(c2ccc(C(=O)OC)cc2)C3)cc(OCC)c1-c1ccc(C)cc1. The number of anilines is 1. The van der Waals surface area contributed by atoms with E-state index in [0.29, 0.717) is 31.7 Å². The molecule has 0 saturated carbocycles. The van der Waals surface area contributed by atoms with E-state index in [1.807, 2.05) is 44.7 Å². The van der Waals surface area contributed by atoms with Gasteiger partial charge in [0.15, 0.2) is 0 Å². The Morgan fingerprint density at radius 1 is 0.884 bits per heavy atom. The van der Waals surface area contributed by atoms with Crippen LogP contribution < -0.4 is 14.4 Å². The van der Waals surface area contributed by atoms with Gasteiger partial charge in [0.1, 0.15) is 11.5 Å². The maximum Gasteiger partial charge on any atom is 0.337 e. The zero-order valence-corrected chi connectivity index (χ0v) is 26.6. The zero-order chi connectivity index (χ0) is 31.0. The molecule has 2 saturated heterocycles. The normalized spacial score (nSPS) is 16.0. The molecule has 2 aliphatic heterocycles. The molecule has 0 bridgehead atoms. The van der Waals surface area contributed by atoms with E-state index in [1.54, 1.807) is 12.1 Å². The highest BCUT2D eigenvalue weighted by Crippen LogP contribution is 2.44. The fraction of sp³-hybridized carbons (Fsp3) is 0.444. The quantitative estimate of drug-likeness (QED) is 0.245. The molecule has 7 nitrogen and oxygen atoms in total. The number of methoxy groups -OCH3 is 1. The van der Waals surface area contributed by atoms with Gasteiger partial charge in [0.05, 0.1) is 31.5 Å². The summed E-state index contributed by atoms with van der Waals surface area (Å²) in [6, 6.07) is 19.9. The van der Waals surface area contributed by atoms with Crippen molar-refractivity contribution < 1.29 is 23.8 Å². The first-order valence-corrected chi connectivity index (χ1v) is 15.6. The van der Waals surface area contributed by atoms with Gasteiger partial charge in [-0.1, -0.05) is 43.7 Å². The van der Waals surface area contributed by atoms with Gasteiger partial charge in [-0.25, -0.2) is 4.79 Å². The van der Waals surface area contributed by atoms with E-state index >= 15 is 0 Å². The molecule has 0 aliphatic carbocycles. The molecule has 5 rings (SSSR count). The Balaban J connectivity index is 0.00000207. The van der Waals surface area contributed by atoms with Gasteiger partial charge in [0, 0.05) is 25.2 Å². The van der Waals surface area contributed by atoms with Crippen LogP contribution in [0.3, 0.4) is 0 Å². The van der Waals surface area contributed by atoms with Gasteiger partial charge in [0.2, 0.25) is 5.91 Å². The molecule has 0 radical (unpaired) electrons. The maximum atomic E-state index is 13.1. The monoisotopic (exact) mass is 586 g/mol. The number of amides is 1. The van der Waals surface area contributed by atoms with Crippen LogP contribution in [0.2, 0.25) is 0 Å². The van der Waals surface area contributed by atoms with Crippen molar-refractivity contribution in [3.8, 4) is 22.6 Å². The van der Waals surface area contributed by atoms with Gasteiger partial charge in [-0.15, -0.1) is 0 Å². The van der Waals surface area contributed by atoms with Crippen molar-refractivity contribution >= 4 is 17.6 Å². The molecule has 3 aromatic rings. The fourth-order valence-corrected chi connectivity index (χ4v) is 6.08. The summed E-state index contributed by atoms with van der Waals surface area (Å²) in [5.41, 5.74) is 5.77. The van der Waals surface area contributed by atoms with Crippen molar-refractivity contribution in [1.82, 2.24) is 4.90 Å². The predicted molar refractivity (Wildman–Crippen MR) is 172 cm³/mol. The summed E-state index contributed by atoms with van der Waals surface area (Å²) in [5, 5.41) is 0. The molecule has 1 amide bonds. The van der Waals surface area contributed by atoms with Crippen LogP contribution in [0.15, 0.2) is 60.7 Å². The fourth-order valence-electron chi connectivity index (χ4n) is 6.08. The van der Waals surface area contributed by atoms with E-state index in [9.17, 15) is 9.59 Å². The Hall–Kier alpha value is -3.84. The molecule has 43 heavy (non-hydrogen) atoms. The minimum absolute atomic E-state index is 0.0170. The number of piperidine rings is 1. The Kier molecular flexibility index (Phi) is 10.9. The van der Waals surface area contributed by atoms with Gasteiger partial charge < -0.3 is 19.1 Å². The number of ether oxygens (including phenoxy) is 3. The van der Waals surface area contributed by atoms with Gasteiger partial charge in [-0.2, -0.15) is 0 Å². The van der Waals surface area contributed by atoms with E-state index in [-0.39, 0.29) is 17.3 Å². The molecular formula is C36H46N2O5. The summed E-state index contributed by atoms with van der Waals surface area (Å²) >= 11 is 0. The highest BCUT2D eigenvalue weighted by molar-refractivity contribution is 5.97. The van der Waals surface area contributed by atoms with E-state index in [2.05, 4.69) is 48.2 Å². The van der Waals surface area contributed by atoms with Crippen molar-refractivity contribution in [3.05, 3.63) is 77.4 Å². The molecule has 7 heteroatoms. The highest BCUT2D eigenvalue weighted by atomic mass is 16.5. The van der Waals surface area contributed by atoms with Crippen LogP contribution >= 0.6 is 0 Å². The standard InChI is InChI=1S/C34H40N2O5.C2H6/c1-5-40-29-19-25(20-30(41-6-2)32(29)26-9-7-24(3)8-10-26)22-35-17-15-34(16-18-35)21-31(37)36(23-34)28-13-11-27(12-14-28)33(38)39-4;1-2/h7-14,19-20H,5-6,15-18,21-23H2,1-4H3;1-2H3.